The molecular weight excluding hydrogens is 372 g/mol. The van der Waals surface area contributed by atoms with E-state index in [4.69, 9.17) is 4.74 Å². The van der Waals surface area contributed by atoms with Crippen LogP contribution in [0.2, 0.25) is 0 Å². The van der Waals surface area contributed by atoms with Crippen LogP contribution in [0.3, 0.4) is 0 Å². The molecule has 1 aromatic carbocycles. The Bertz CT molecular complexity index is 923. The minimum atomic E-state index is 0.171. The second-order valence-corrected chi connectivity index (χ2v) is 8.04. The lowest BCUT2D eigenvalue weighted by atomic mass is 10.1. The fraction of sp³-hybridized carbons (Fsp3) is 0.381. The summed E-state index contributed by atoms with van der Waals surface area (Å²) in [6.07, 6.45) is 2.77. The fourth-order valence-electron chi connectivity index (χ4n) is 3.57. The highest BCUT2D eigenvalue weighted by atomic mass is 32.1. The third-order valence-corrected chi connectivity index (χ3v) is 6.07. The van der Waals surface area contributed by atoms with Gasteiger partial charge in [0.1, 0.15) is 5.75 Å². The maximum absolute atomic E-state index is 11.7. The van der Waals surface area contributed by atoms with Crippen molar-refractivity contribution in [3.8, 4) is 10.9 Å². The number of carbonyl (C=O) groups excluding carboxylic acids is 1. The highest BCUT2D eigenvalue weighted by Crippen LogP contribution is 2.30. The van der Waals surface area contributed by atoms with Crippen LogP contribution >= 0.6 is 11.3 Å². The summed E-state index contributed by atoms with van der Waals surface area (Å²) < 4.78 is 6.92. The van der Waals surface area contributed by atoms with E-state index in [2.05, 4.69) is 33.9 Å². The maximum atomic E-state index is 11.7. The smallest absolute Gasteiger partial charge is 0.281 e. The van der Waals surface area contributed by atoms with Crippen LogP contribution in [0.5, 0.6) is 10.9 Å². The van der Waals surface area contributed by atoms with Gasteiger partial charge in [-0.25, -0.2) is 4.98 Å². The van der Waals surface area contributed by atoms with Gasteiger partial charge in [-0.15, -0.1) is 0 Å². The number of aromatic nitrogens is 2. The van der Waals surface area contributed by atoms with Gasteiger partial charge in [-0.05, 0) is 36.2 Å². The molecule has 1 aliphatic rings. The number of piperazine rings is 1. The lowest BCUT2D eigenvalue weighted by molar-refractivity contribution is -0.132. The molecule has 0 bridgehead atoms. The molecule has 7 heteroatoms. The van der Waals surface area contributed by atoms with Gasteiger partial charge in [-0.1, -0.05) is 30.4 Å². The molecule has 4 rings (SSSR count). The molecule has 1 aliphatic heterocycles. The number of hydrogen-bond acceptors (Lipinski definition) is 6. The van der Waals surface area contributed by atoms with Crippen molar-refractivity contribution in [2.75, 3.05) is 19.6 Å². The number of ether oxygens (including phenoxy) is 1. The van der Waals surface area contributed by atoms with Crippen LogP contribution in [0, 0.1) is 0 Å². The van der Waals surface area contributed by atoms with Gasteiger partial charge < -0.3 is 9.64 Å². The second-order valence-electron chi connectivity index (χ2n) is 7.05. The number of nitrogens with zero attached hydrogens (tertiary/aromatic N) is 4. The van der Waals surface area contributed by atoms with Crippen LogP contribution in [0.1, 0.15) is 25.8 Å². The Labute approximate surface area is 168 Å². The number of fused-ring (bicyclic) bond motifs is 1. The molecular formula is C21H24N4O2S. The zero-order valence-corrected chi connectivity index (χ0v) is 17.0. The van der Waals surface area contributed by atoms with Crippen LogP contribution in [-0.2, 0) is 11.3 Å². The molecule has 0 aliphatic carbocycles. The van der Waals surface area contributed by atoms with Crippen molar-refractivity contribution >= 4 is 27.6 Å². The Balaban J connectivity index is 1.39. The molecule has 0 radical (unpaired) electrons. The Morgan fingerprint density at radius 3 is 2.79 bits per heavy atom. The lowest BCUT2D eigenvalue weighted by Gasteiger charge is -2.41. The first-order valence-corrected chi connectivity index (χ1v) is 10.4. The third-order valence-electron chi connectivity index (χ3n) is 5.18. The number of thiazole rings is 1. The molecule has 6 nitrogen and oxygen atoms in total. The van der Waals surface area contributed by atoms with E-state index in [9.17, 15) is 4.79 Å². The minimum Gasteiger partial charge on any atom is -0.431 e. The first-order chi connectivity index (χ1) is 13.6. The van der Waals surface area contributed by atoms with Gasteiger partial charge in [0.05, 0.1) is 4.70 Å². The van der Waals surface area contributed by atoms with Gasteiger partial charge in [-0.3, -0.25) is 9.69 Å². The van der Waals surface area contributed by atoms with Crippen molar-refractivity contribution in [2.24, 2.45) is 0 Å². The van der Waals surface area contributed by atoms with E-state index in [0.717, 1.165) is 48.7 Å². The maximum Gasteiger partial charge on any atom is 0.281 e. The average molecular weight is 397 g/mol. The number of pyridine rings is 1. The molecule has 3 aromatic rings. The van der Waals surface area contributed by atoms with Gasteiger partial charge in [0.15, 0.2) is 5.65 Å². The van der Waals surface area contributed by atoms with Crippen LogP contribution < -0.4 is 4.74 Å². The molecule has 0 spiro atoms. The predicted molar refractivity (Wildman–Crippen MR) is 111 cm³/mol. The quantitative estimate of drug-likeness (QED) is 0.654. The van der Waals surface area contributed by atoms with Crippen molar-refractivity contribution in [3.63, 3.8) is 0 Å². The van der Waals surface area contributed by atoms with Crippen LogP contribution in [0.25, 0.3) is 10.3 Å². The summed E-state index contributed by atoms with van der Waals surface area (Å²) in [5.41, 5.74) is 1.96. The first kappa shape index (κ1) is 18.8. The minimum absolute atomic E-state index is 0.171. The van der Waals surface area contributed by atoms with Crippen LogP contribution in [0.4, 0.5) is 0 Å². The Hall–Kier alpha value is -2.51. The molecule has 0 saturated carbocycles. The summed E-state index contributed by atoms with van der Waals surface area (Å²) in [4.78, 5) is 24.7. The molecule has 1 fully saturated rings. The van der Waals surface area contributed by atoms with Crippen molar-refractivity contribution in [2.45, 2.75) is 32.9 Å². The molecule has 2 aromatic heterocycles. The number of carbonyl (C=O) groups is 1. The molecule has 146 valence electrons. The summed E-state index contributed by atoms with van der Waals surface area (Å²) in [5.74, 6) is 0.945. The fourth-order valence-corrected chi connectivity index (χ4v) is 4.36. The largest absolute Gasteiger partial charge is 0.431 e. The van der Waals surface area contributed by atoms with Crippen molar-refractivity contribution in [3.05, 3.63) is 48.2 Å². The Morgan fingerprint density at radius 1 is 1.25 bits per heavy atom. The topological polar surface area (TPSA) is 58.6 Å². The van der Waals surface area contributed by atoms with E-state index in [1.165, 1.54) is 16.9 Å². The number of rotatable bonds is 5. The van der Waals surface area contributed by atoms with Gasteiger partial charge in [0, 0.05) is 45.3 Å². The highest BCUT2D eigenvalue weighted by Gasteiger charge is 2.26. The van der Waals surface area contributed by atoms with E-state index in [1.54, 1.807) is 13.1 Å². The predicted octanol–water partition coefficient (Wildman–Crippen LogP) is 3.93. The summed E-state index contributed by atoms with van der Waals surface area (Å²) in [6, 6.07) is 12.5. The molecule has 1 amide bonds. The van der Waals surface area contributed by atoms with E-state index >= 15 is 0 Å². The summed E-state index contributed by atoms with van der Waals surface area (Å²) in [7, 11) is 0. The third kappa shape index (κ3) is 4.15. The van der Waals surface area contributed by atoms with E-state index in [0.29, 0.717) is 11.2 Å². The molecule has 1 atom stereocenters. The van der Waals surface area contributed by atoms with Crippen LogP contribution in [-0.4, -0.2) is 51.4 Å². The van der Waals surface area contributed by atoms with Gasteiger partial charge in [0.25, 0.3) is 5.19 Å². The van der Waals surface area contributed by atoms with E-state index < -0.39 is 0 Å². The summed E-state index contributed by atoms with van der Waals surface area (Å²) >= 11 is 1.49. The number of hydrogen-bond donors (Lipinski definition) is 0. The molecule has 0 unspecified atom stereocenters. The van der Waals surface area contributed by atoms with Gasteiger partial charge in [0.2, 0.25) is 5.91 Å². The average Bonchev–Trinajstić information content (AvgIpc) is 3.12. The highest BCUT2D eigenvalue weighted by molar-refractivity contribution is 7.20. The van der Waals surface area contributed by atoms with Crippen molar-refractivity contribution in [1.82, 2.24) is 19.8 Å². The van der Waals surface area contributed by atoms with Crippen molar-refractivity contribution in [1.29, 1.82) is 0 Å². The lowest BCUT2D eigenvalue weighted by Crippen LogP contribution is -2.53. The van der Waals surface area contributed by atoms with Gasteiger partial charge in [-0.2, -0.15) is 4.98 Å². The van der Waals surface area contributed by atoms with Gasteiger partial charge >= 0.3 is 0 Å². The molecule has 1 saturated heterocycles. The first-order valence-electron chi connectivity index (χ1n) is 9.60. The molecule has 28 heavy (non-hydrogen) atoms. The Kier molecular flexibility index (Phi) is 5.54. The zero-order chi connectivity index (χ0) is 19.5. The molecule has 3 heterocycles. The van der Waals surface area contributed by atoms with Crippen LogP contribution in [0.15, 0.2) is 42.6 Å². The molecule has 0 N–H and O–H groups in total. The Morgan fingerprint density at radius 2 is 2.07 bits per heavy atom. The standard InChI is InChI=1S/C21H24N4O2S/c1-3-17-14-24(15(2)26)11-12-25(17)13-16-6-8-18(9-7-16)27-21-23-20-19(28-21)5-4-10-22-20/h4-10,17H,3,11-14H2,1-2H3/t17-/m0/s1. The SMILES string of the molecule is CC[C@H]1CN(C(C)=O)CCN1Cc1ccc(Oc2nc3ncccc3s2)cc1. The monoisotopic (exact) mass is 396 g/mol. The summed E-state index contributed by atoms with van der Waals surface area (Å²) in [5, 5.41) is 0.604. The van der Waals surface area contributed by atoms with E-state index in [-0.39, 0.29) is 5.91 Å². The zero-order valence-electron chi connectivity index (χ0n) is 16.2. The number of benzene rings is 1. The van der Waals surface area contributed by atoms with E-state index in [1.807, 2.05) is 29.2 Å². The normalized spacial score (nSPS) is 17.8. The summed E-state index contributed by atoms with van der Waals surface area (Å²) in [6.45, 7) is 7.26. The number of amides is 1. The second kappa shape index (κ2) is 8.24. The van der Waals surface area contributed by atoms with Crippen molar-refractivity contribution < 1.29 is 9.53 Å².